The molecule has 0 spiro atoms. The maximum absolute atomic E-state index is 12.2. The lowest BCUT2D eigenvalue weighted by Crippen LogP contribution is -2.37. The van der Waals surface area contributed by atoms with E-state index >= 15 is 0 Å². The summed E-state index contributed by atoms with van der Waals surface area (Å²) < 4.78 is 0. The number of carbonyl (C=O) groups excluding carboxylic acids is 1. The van der Waals surface area contributed by atoms with Crippen molar-refractivity contribution in [2.75, 3.05) is 12.3 Å². The highest BCUT2D eigenvalue weighted by atomic mass is 16.3. The second kappa shape index (κ2) is 5.92. The summed E-state index contributed by atoms with van der Waals surface area (Å²) in [5.41, 5.74) is 6.09. The molecule has 0 aromatic heterocycles. The highest BCUT2D eigenvalue weighted by molar-refractivity contribution is 5.95. The average molecular weight is 247 g/mol. The van der Waals surface area contributed by atoms with Crippen molar-refractivity contribution in [3.8, 4) is 11.8 Å². The van der Waals surface area contributed by atoms with Crippen molar-refractivity contribution >= 4 is 11.6 Å². The van der Waals surface area contributed by atoms with Crippen LogP contribution in [0, 0.1) is 11.3 Å². The van der Waals surface area contributed by atoms with Crippen molar-refractivity contribution in [1.29, 1.82) is 5.26 Å². The number of amides is 1. The zero-order valence-corrected chi connectivity index (χ0v) is 10.6. The monoisotopic (exact) mass is 247 g/mol. The van der Waals surface area contributed by atoms with Gasteiger partial charge in [-0.05, 0) is 32.0 Å². The van der Waals surface area contributed by atoms with E-state index < -0.39 is 0 Å². The maximum atomic E-state index is 12.2. The molecule has 0 unspecified atom stereocenters. The normalized spacial score (nSPS) is 10.1. The molecule has 1 aromatic rings. The predicted molar refractivity (Wildman–Crippen MR) is 68.9 cm³/mol. The number of nitrogens with zero attached hydrogens (tertiary/aromatic N) is 2. The van der Waals surface area contributed by atoms with Gasteiger partial charge in [0.2, 0.25) is 0 Å². The summed E-state index contributed by atoms with van der Waals surface area (Å²) in [7, 11) is 0. The van der Waals surface area contributed by atoms with E-state index in [2.05, 4.69) is 0 Å². The van der Waals surface area contributed by atoms with Gasteiger partial charge in [-0.1, -0.05) is 0 Å². The topological polar surface area (TPSA) is 90.4 Å². The Balaban J connectivity index is 2.95. The molecule has 0 saturated carbocycles. The number of rotatable bonds is 4. The number of hydrogen-bond donors (Lipinski definition) is 2. The number of carbonyl (C=O) groups is 1. The van der Waals surface area contributed by atoms with E-state index in [-0.39, 0.29) is 29.8 Å². The summed E-state index contributed by atoms with van der Waals surface area (Å²) >= 11 is 0. The lowest BCUT2D eigenvalue weighted by Gasteiger charge is -2.26. The Labute approximate surface area is 106 Å². The van der Waals surface area contributed by atoms with Crippen LogP contribution >= 0.6 is 0 Å². The Hall–Kier alpha value is -2.22. The molecule has 0 aliphatic rings. The third-order valence-electron chi connectivity index (χ3n) is 2.63. The number of nitrogens with two attached hydrogens (primary N) is 1. The SMILES string of the molecule is CC(C)N(CCC#N)C(=O)c1ccc(N)c(O)c1. The first-order valence-electron chi connectivity index (χ1n) is 5.73. The first-order valence-corrected chi connectivity index (χ1v) is 5.73. The lowest BCUT2D eigenvalue weighted by molar-refractivity contribution is 0.0710. The van der Waals surface area contributed by atoms with Crippen LogP contribution in [0.25, 0.3) is 0 Å². The predicted octanol–water partition coefficient (Wildman–Crippen LogP) is 1.74. The lowest BCUT2D eigenvalue weighted by atomic mass is 10.1. The van der Waals surface area contributed by atoms with Crippen molar-refractivity contribution in [1.82, 2.24) is 4.90 Å². The van der Waals surface area contributed by atoms with Crippen LogP contribution in [0.5, 0.6) is 5.75 Å². The Morgan fingerprint density at radius 3 is 2.72 bits per heavy atom. The molecular weight excluding hydrogens is 230 g/mol. The summed E-state index contributed by atoms with van der Waals surface area (Å²) in [6.07, 6.45) is 0.283. The first kappa shape index (κ1) is 13.8. The maximum Gasteiger partial charge on any atom is 0.254 e. The van der Waals surface area contributed by atoms with Gasteiger partial charge in [0, 0.05) is 18.2 Å². The molecule has 0 aliphatic carbocycles. The van der Waals surface area contributed by atoms with Crippen LogP contribution in [-0.4, -0.2) is 28.5 Å². The molecular formula is C13H17N3O2. The molecule has 0 heterocycles. The van der Waals surface area contributed by atoms with Gasteiger partial charge in [0.25, 0.3) is 5.91 Å². The third kappa shape index (κ3) is 3.14. The van der Waals surface area contributed by atoms with E-state index in [1.165, 1.54) is 12.1 Å². The molecule has 1 aromatic carbocycles. The molecule has 5 nitrogen and oxygen atoms in total. The number of nitriles is 1. The molecule has 0 radical (unpaired) electrons. The molecule has 96 valence electrons. The van der Waals surface area contributed by atoms with E-state index in [9.17, 15) is 9.90 Å². The van der Waals surface area contributed by atoms with Crippen molar-refractivity contribution in [3.63, 3.8) is 0 Å². The van der Waals surface area contributed by atoms with Gasteiger partial charge in [0.1, 0.15) is 5.75 Å². The van der Waals surface area contributed by atoms with Gasteiger partial charge in [-0.15, -0.1) is 0 Å². The molecule has 0 saturated heterocycles. The summed E-state index contributed by atoms with van der Waals surface area (Å²) in [5, 5.41) is 18.1. The fraction of sp³-hybridized carbons (Fsp3) is 0.385. The van der Waals surface area contributed by atoms with E-state index in [0.29, 0.717) is 12.1 Å². The quantitative estimate of drug-likeness (QED) is 0.626. The molecule has 3 N–H and O–H groups in total. The van der Waals surface area contributed by atoms with Crippen LogP contribution in [0.3, 0.4) is 0 Å². The van der Waals surface area contributed by atoms with Crippen LogP contribution < -0.4 is 5.73 Å². The minimum atomic E-state index is -0.212. The smallest absolute Gasteiger partial charge is 0.254 e. The highest BCUT2D eigenvalue weighted by Crippen LogP contribution is 2.22. The fourth-order valence-electron chi connectivity index (χ4n) is 1.61. The van der Waals surface area contributed by atoms with Gasteiger partial charge >= 0.3 is 0 Å². The second-order valence-electron chi connectivity index (χ2n) is 4.27. The van der Waals surface area contributed by atoms with Crippen LogP contribution in [0.2, 0.25) is 0 Å². The summed E-state index contributed by atoms with van der Waals surface area (Å²) in [4.78, 5) is 13.8. The van der Waals surface area contributed by atoms with Crippen LogP contribution in [-0.2, 0) is 0 Å². The van der Waals surface area contributed by atoms with E-state index in [0.717, 1.165) is 0 Å². The first-order chi connectivity index (χ1) is 8.47. The van der Waals surface area contributed by atoms with Crippen molar-refractivity contribution in [3.05, 3.63) is 23.8 Å². The number of aromatic hydroxyl groups is 1. The molecule has 0 fully saturated rings. The second-order valence-corrected chi connectivity index (χ2v) is 4.27. The van der Waals surface area contributed by atoms with E-state index in [1.54, 1.807) is 11.0 Å². The van der Waals surface area contributed by atoms with Crippen molar-refractivity contribution in [2.24, 2.45) is 0 Å². The van der Waals surface area contributed by atoms with Gasteiger partial charge in [-0.2, -0.15) is 5.26 Å². The summed E-state index contributed by atoms with van der Waals surface area (Å²) in [5.74, 6) is -0.319. The van der Waals surface area contributed by atoms with Gasteiger partial charge < -0.3 is 15.7 Å². The molecule has 0 bridgehead atoms. The highest BCUT2D eigenvalue weighted by Gasteiger charge is 2.19. The summed E-state index contributed by atoms with van der Waals surface area (Å²) in [6, 6.07) is 6.41. The summed E-state index contributed by atoms with van der Waals surface area (Å²) in [6.45, 7) is 4.14. The molecule has 0 aliphatic heterocycles. The number of phenols is 1. The van der Waals surface area contributed by atoms with Crippen molar-refractivity contribution < 1.29 is 9.90 Å². The van der Waals surface area contributed by atoms with Crippen LogP contribution in [0.1, 0.15) is 30.6 Å². The Kier molecular flexibility index (Phi) is 4.55. The standard InChI is InChI=1S/C13H17N3O2/c1-9(2)16(7-3-6-14)13(18)10-4-5-11(15)12(17)8-10/h4-5,8-9,17H,3,7,15H2,1-2H3. The molecule has 18 heavy (non-hydrogen) atoms. The number of benzene rings is 1. The number of phenolic OH excluding ortho intramolecular Hbond substituents is 1. The van der Waals surface area contributed by atoms with Gasteiger partial charge in [-0.3, -0.25) is 4.79 Å². The minimum absolute atomic E-state index is 0.00875. The zero-order valence-electron chi connectivity index (χ0n) is 10.6. The largest absolute Gasteiger partial charge is 0.506 e. The molecule has 5 heteroatoms. The van der Waals surface area contributed by atoms with Crippen molar-refractivity contribution in [2.45, 2.75) is 26.3 Å². The Morgan fingerprint density at radius 2 is 2.22 bits per heavy atom. The average Bonchev–Trinajstić information content (AvgIpc) is 2.32. The van der Waals surface area contributed by atoms with Gasteiger partial charge in [-0.25, -0.2) is 0 Å². The Bertz CT molecular complexity index is 478. The number of nitrogen functional groups attached to an aromatic ring is 1. The fourth-order valence-corrected chi connectivity index (χ4v) is 1.61. The molecule has 1 amide bonds. The zero-order chi connectivity index (χ0) is 13.7. The number of hydrogen-bond acceptors (Lipinski definition) is 4. The molecule has 1 rings (SSSR count). The molecule has 0 atom stereocenters. The third-order valence-corrected chi connectivity index (χ3v) is 2.63. The Morgan fingerprint density at radius 1 is 1.56 bits per heavy atom. The minimum Gasteiger partial charge on any atom is -0.506 e. The van der Waals surface area contributed by atoms with E-state index in [1.807, 2.05) is 19.9 Å². The van der Waals surface area contributed by atoms with Gasteiger partial charge in [0.15, 0.2) is 0 Å². The van der Waals surface area contributed by atoms with E-state index in [4.69, 9.17) is 11.0 Å². The van der Waals surface area contributed by atoms with Gasteiger partial charge in [0.05, 0.1) is 18.2 Å². The van der Waals surface area contributed by atoms with Crippen LogP contribution in [0.15, 0.2) is 18.2 Å². The number of anilines is 1. The van der Waals surface area contributed by atoms with Crippen LogP contribution in [0.4, 0.5) is 5.69 Å².